The maximum atomic E-state index is 13.5. The van der Waals surface area contributed by atoms with Crippen molar-refractivity contribution in [1.82, 2.24) is 5.32 Å². The van der Waals surface area contributed by atoms with Crippen LogP contribution in [0.4, 0.5) is 14.5 Å². The van der Waals surface area contributed by atoms with E-state index in [1.807, 2.05) is 31.3 Å². The number of hydrogen-bond acceptors (Lipinski definition) is 6. The number of benzene rings is 3. The van der Waals surface area contributed by atoms with Crippen molar-refractivity contribution < 1.29 is 22.3 Å². The van der Waals surface area contributed by atoms with Crippen molar-refractivity contribution in [3.63, 3.8) is 0 Å². The second-order valence-corrected chi connectivity index (χ2v) is 11.4. The second kappa shape index (κ2) is 9.46. The second-order valence-electron chi connectivity index (χ2n) is 9.73. The van der Waals surface area contributed by atoms with Gasteiger partial charge in [0.2, 0.25) is 0 Å². The van der Waals surface area contributed by atoms with E-state index in [-0.39, 0.29) is 28.5 Å². The van der Waals surface area contributed by atoms with Crippen LogP contribution in [-0.2, 0) is 16.6 Å². The first-order valence-electron chi connectivity index (χ1n) is 12.3. The van der Waals surface area contributed by atoms with Gasteiger partial charge < -0.3 is 10.4 Å². The predicted molar refractivity (Wildman–Crippen MR) is 145 cm³/mol. The Bertz CT molecular complexity index is 1710. The van der Waals surface area contributed by atoms with Gasteiger partial charge in [-0.2, -0.15) is 0 Å². The topological polar surface area (TPSA) is 103 Å². The first-order valence-corrected chi connectivity index (χ1v) is 13.8. The number of rotatable bonds is 7. The molecule has 6 rings (SSSR count). The molecular weight excluding hydrogens is 522 g/mol. The van der Waals surface area contributed by atoms with E-state index in [0.717, 1.165) is 34.7 Å². The van der Waals surface area contributed by atoms with Crippen LogP contribution in [0.5, 0.6) is 5.75 Å². The summed E-state index contributed by atoms with van der Waals surface area (Å²) in [6, 6.07) is 16.4. The number of phenolic OH excluding ortho intramolecular Hbond substituents is 1. The van der Waals surface area contributed by atoms with Gasteiger partial charge in [0.15, 0.2) is 11.6 Å². The van der Waals surface area contributed by atoms with Crippen molar-refractivity contribution in [2.45, 2.75) is 24.4 Å². The first kappa shape index (κ1) is 25.0. The lowest BCUT2D eigenvalue weighted by molar-refractivity contribution is 0.474. The molecular formula is C29H24F2N4O3S. The van der Waals surface area contributed by atoms with Gasteiger partial charge in [-0.1, -0.05) is 24.3 Å². The number of sulfonamides is 1. The fourth-order valence-corrected chi connectivity index (χ4v) is 6.10. The highest BCUT2D eigenvalue weighted by molar-refractivity contribution is 7.92. The monoisotopic (exact) mass is 546 g/mol. The van der Waals surface area contributed by atoms with Gasteiger partial charge in [-0.05, 0) is 66.6 Å². The highest BCUT2D eigenvalue weighted by Crippen LogP contribution is 2.54. The van der Waals surface area contributed by atoms with Crippen LogP contribution in [0.25, 0.3) is 0 Å². The number of fused-ring (bicyclic) bond motifs is 1. The van der Waals surface area contributed by atoms with E-state index >= 15 is 0 Å². The zero-order chi connectivity index (χ0) is 27.3. The molecule has 0 amide bonds. The van der Waals surface area contributed by atoms with Gasteiger partial charge in [-0.15, -0.1) is 0 Å². The van der Waals surface area contributed by atoms with Crippen molar-refractivity contribution in [1.29, 1.82) is 0 Å². The Morgan fingerprint density at radius 1 is 0.974 bits per heavy atom. The summed E-state index contributed by atoms with van der Waals surface area (Å²) in [4.78, 5) is 9.25. The van der Waals surface area contributed by atoms with Gasteiger partial charge in [-0.25, -0.2) is 17.2 Å². The Morgan fingerprint density at radius 2 is 1.74 bits per heavy atom. The van der Waals surface area contributed by atoms with Crippen molar-refractivity contribution in [2.24, 2.45) is 21.8 Å². The van der Waals surface area contributed by atoms with E-state index in [9.17, 15) is 22.3 Å². The number of halogens is 2. The largest absolute Gasteiger partial charge is 0.507 e. The van der Waals surface area contributed by atoms with Gasteiger partial charge in [0.05, 0.1) is 22.3 Å². The number of allylic oxidation sites excluding steroid dienone is 2. The van der Waals surface area contributed by atoms with E-state index < -0.39 is 21.7 Å². The number of aromatic hydroxyl groups is 1. The van der Waals surface area contributed by atoms with E-state index in [1.165, 1.54) is 0 Å². The van der Waals surface area contributed by atoms with Crippen molar-refractivity contribution >= 4 is 27.6 Å². The van der Waals surface area contributed by atoms with Crippen LogP contribution in [0.1, 0.15) is 18.1 Å². The lowest BCUT2D eigenvalue weighted by atomic mass is 10.1. The third-order valence-electron chi connectivity index (χ3n) is 7.12. The molecule has 1 aliphatic carbocycles. The summed E-state index contributed by atoms with van der Waals surface area (Å²) < 4.78 is 54.3. The van der Waals surface area contributed by atoms with Gasteiger partial charge in [0.25, 0.3) is 10.0 Å². The molecule has 3 aliphatic rings. The van der Waals surface area contributed by atoms with E-state index in [4.69, 9.17) is 4.99 Å². The van der Waals surface area contributed by atoms with Crippen LogP contribution in [0.2, 0.25) is 0 Å². The molecule has 1 saturated carbocycles. The van der Waals surface area contributed by atoms with E-state index in [2.05, 4.69) is 15.0 Å². The number of hydrogen-bond donors (Lipinski definition) is 3. The summed E-state index contributed by atoms with van der Waals surface area (Å²) in [5, 5.41) is 14.0. The van der Waals surface area contributed by atoms with Crippen molar-refractivity contribution in [2.75, 3.05) is 4.72 Å². The Balaban J connectivity index is 1.20. The average molecular weight is 547 g/mol. The molecule has 0 aromatic heterocycles. The van der Waals surface area contributed by atoms with Gasteiger partial charge in [-0.3, -0.25) is 14.7 Å². The molecule has 3 N–H and O–H groups in total. The molecule has 0 saturated heterocycles. The summed E-state index contributed by atoms with van der Waals surface area (Å²) in [7, 11) is -4.08. The van der Waals surface area contributed by atoms with Gasteiger partial charge in [0.1, 0.15) is 5.75 Å². The lowest BCUT2D eigenvalue weighted by Gasteiger charge is -2.13. The number of nitrogens with zero attached hydrogens (tertiary/aromatic N) is 2. The van der Waals surface area contributed by atoms with Crippen LogP contribution in [0.3, 0.4) is 0 Å². The summed E-state index contributed by atoms with van der Waals surface area (Å²) in [5.41, 5.74) is 5.49. The van der Waals surface area contributed by atoms with E-state index in [0.29, 0.717) is 29.6 Å². The predicted octanol–water partition coefficient (Wildman–Crippen LogP) is 4.92. The molecule has 7 nitrogen and oxygen atoms in total. The maximum Gasteiger partial charge on any atom is 0.261 e. The van der Waals surface area contributed by atoms with Crippen molar-refractivity contribution in [3.8, 4) is 5.75 Å². The number of dihydropyridines is 1. The molecule has 3 aromatic rings. The number of aliphatic imine (C=N–C) groups is 2. The summed E-state index contributed by atoms with van der Waals surface area (Å²) in [5.74, 6) is -1.86. The van der Waals surface area contributed by atoms with Crippen molar-refractivity contribution in [3.05, 3.63) is 113 Å². The fourth-order valence-electron chi connectivity index (χ4n) is 5.03. The zero-order valence-electron chi connectivity index (χ0n) is 20.8. The molecule has 10 heteroatoms. The first-order chi connectivity index (χ1) is 18.7. The Kier molecular flexibility index (Phi) is 6.06. The molecule has 2 aliphatic heterocycles. The fraction of sp³-hybridized carbons (Fsp3) is 0.172. The number of phenols is 1. The lowest BCUT2D eigenvalue weighted by Crippen LogP contribution is -2.17. The average Bonchev–Trinajstić information content (AvgIpc) is 3.66. The van der Waals surface area contributed by atoms with Crippen LogP contribution < -0.4 is 10.0 Å². The van der Waals surface area contributed by atoms with Crippen LogP contribution in [0, 0.1) is 23.5 Å². The zero-order valence-corrected chi connectivity index (χ0v) is 21.6. The van der Waals surface area contributed by atoms with Gasteiger partial charge >= 0.3 is 0 Å². The van der Waals surface area contributed by atoms with Crippen LogP contribution >= 0.6 is 0 Å². The molecule has 39 heavy (non-hydrogen) atoms. The highest BCUT2D eigenvalue weighted by atomic mass is 32.2. The molecule has 3 aromatic carbocycles. The SMILES string of the molecule is CC1=C2N=C(c3ccccc3O)C=C(NCc3ccc(NS(=O)(=O)c4ccc(F)c(F)c4)cc3)C3C(N=C1)C23. The minimum atomic E-state index is -4.08. The minimum absolute atomic E-state index is 0.130. The molecule has 3 unspecified atom stereocenters. The molecule has 2 heterocycles. The van der Waals surface area contributed by atoms with Crippen LogP contribution in [0.15, 0.2) is 105 Å². The molecule has 0 spiro atoms. The maximum absolute atomic E-state index is 13.5. The molecule has 3 atom stereocenters. The smallest absolute Gasteiger partial charge is 0.261 e. The molecule has 0 bridgehead atoms. The quantitative estimate of drug-likeness (QED) is 0.391. The summed E-state index contributed by atoms with van der Waals surface area (Å²) >= 11 is 0. The molecule has 198 valence electrons. The standard InChI is InChI=1S/C29H24F2N4O3S/c1-16-14-33-29-26-24(13-23(34-28(16)27(26)29)20-4-2-3-5-25(20)36)32-15-17-6-8-18(9-7-17)35-39(37,38)19-10-11-21(30)22(31)12-19/h2-14,26-27,29,32,35-36H,15H2,1H3. The van der Waals surface area contributed by atoms with E-state index in [1.54, 1.807) is 36.4 Å². The molecule has 0 radical (unpaired) electrons. The Hall–Kier alpha value is -4.31. The van der Waals surface area contributed by atoms with Crippen LogP contribution in [-0.4, -0.2) is 31.5 Å². The summed E-state index contributed by atoms with van der Waals surface area (Å²) in [6.45, 7) is 2.46. The Morgan fingerprint density at radius 3 is 2.49 bits per heavy atom. The van der Waals surface area contributed by atoms with Gasteiger partial charge in [0, 0.05) is 41.5 Å². The number of nitrogens with one attached hydrogen (secondary N) is 2. The Labute approximate surface area is 224 Å². The number of anilines is 1. The third-order valence-corrected chi connectivity index (χ3v) is 8.50. The third kappa shape index (κ3) is 4.72. The number of para-hydroxylation sites is 1. The summed E-state index contributed by atoms with van der Waals surface area (Å²) in [6.07, 6.45) is 3.84. The normalized spacial score (nSPS) is 21.5. The highest BCUT2D eigenvalue weighted by Gasteiger charge is 2.57. The molecule has 1 fully saturated rings. The minimum Gasteiger partial charge on any atom is -0.507 e.